The molecule has 1 N–H and O–H groups in total. The number of aromatic nitrogens is 2. The van der Waals surface area contributed by atoms with Crippen LogP contribution in [0.15, 0.2) is 18.3 Å². The molecule has 0 spiro atoms. The van der Waals surface area contributed by atoms with E-state index in [2.05, 4.69) is 10.3 Å². The number of nitrogens with one attached hydrogen (secondary N) is 1. The van der Waals surface area contributed by atoms with Crippen molar-refractivity contribution in [2.75, 3.05) is 11.9 Å². The molecule has 102 valence electrons. The second-order valence-corrected chi connectivity index (χ2v) is 4.22. The van der Waals surface area contributed by atoms with E-state index in [1.54, 1.807) is 6.92 Å². The SMILES string of the molecule is CCCNc1nc(C)cn1-c1cc(F)cc(F)c1F. The summed E-state index contributed by atoms with van der Waals surface area (Å²) >= 11 is 0. The van der Waals surface area contributed by atoms with Crippen LogP contribution in [0.5, 0.6) is 0 Å². The average molecular weight is 269 g/mol. The lowest BCUT2D eigenvalue weighted by atomic mass is 10.2. The molecule has 6 heteroatoms. The molecule has 1 aromatic carbocycles. The van der Waals surface area contributed by atoms with E-state index in [0.717, 1.165) is 12.5 Å². The van der Waals surface area contributed by atoms with Crippen molar-refractivity contribution in [1.82, 2.24) is 9.55 Å². The number of nitrogens with zero attached hydrogens (tertiary/aromatic N) is 2. The molecule has 0 amide bonds. The van der Waals surface area contributed by atoms with Gasteiger partial charge in [-0.3, -0.25) is 4.57 Å². The molecule has 0 radical (unpaired) electrons. The van der Waals surface area contributed by atoms with Crippen LogP contribution in [0.2, 0.25) is 0 Å². The summed E-state index contributed by atoms with van der Waals surface area (Å²) in [5, 5.41) is 2.99. The van der Waals surface area contributed by atoms with Gasteiger partial charge in [-0.1, -0.05) is 6.92 Å². The van der Waals surface area contributed by atoms with Crippen molar-refractivity contribution in [2.45, 2.75) is 20.3 Å². The molecule has 1 heterocycles. The highest BCUT2D eigenvalue weighted by Crippen LogP contribution is 2.22. The van der Waals surface area contributed by atoms with E-state index in [1.165, 1.54) is 10.8 Å². The largest absolute Gasteiger partial charge is 0.355 e. The monoisotopic (exact) mass is 269 g/mol. The average Bonchev–Trinajstić information content (AvgIpc) is 2.72. The fourth-order valence-electron chi connectivity index (χ4n) is 1.76. The molecule has 19 heavy (non-hydrogen) atoms. The molecule has 0 aliphatic rings. The molecular weight excluding hydrogens is 255 g/mol. The fourth-order valence-corrected chi connectivity index (χ4v) is 1.76. The summed E-state index contributed by atoms with van der Waals surface area (Å²) in [4.78, 5) is 4.17. The molecule has 1 aromatic heterocycles. The number of hydrogen-bond acceptors (Lipinski definition) is 2. The molecule has 0 aliphatic carbocycles. The predicted molar refractivity (Wildman–Crippen MR) is 67.0 cm³/mol. The van der Waals surface area contributed by atoms with Crippen molar-refractivity contribution in [2.24, 2.45) is 0 Å². The second-order valence-electron chi connectivity index (χ2n) is 4.22. The van der Waals surface area contributed by atoms with E-state index < -0.39 is 17.5 Å². The van der Waals surface area contributed by atoms with Gasteiger partial charge in [-0.2, -0.15) is 0 Å². The maximum Gasteiger partial charge on any atom is 0.207 e. The van der Waals surface area contributed by atoms with Crippen molar-refractivity contribution in [1.29, 1.82) is 0 Å². The number of anilines is 1. The van der Waals surface area contributed by atoms with Crippen molar-refractivity contribution in [3.05, 3.63) is 41.5 Å². The van der Waals surface area contributed by atoms with Crippen LogP contribution >= 0.6 is 0 Å². The van der Waals surface area contributed by atoms with Crippen LogP contribution in [0.3, 0.4) is 0 Å². The third-order valence-electron chi connectivity index (χ3n) is 2.59. The van der Waals surface area contributed by atoms with Gasteiger partial charge in [0, 0.05) is 24.9 Å². The topological polar surface area (TPSA) is 29.9 Å². The Morgan fingerprint density at radius 3 is 2.68 bits per heavy atom. The molecule has 0 aliphatic heterocycles. The lowest BCUT2D eigenvalue weighted by Gasteiger charge is -2.10. The molecular formula is C13H14F3N3. The Labute approximate surface area is 109 Å². The maximum atomic E-state index is 13.8. The Kier molecular flexibility index (Phi) is 3.78. The van der Waals surface area contributed by atoms with Gasteiger partial charge in [0.2, 0.25) is 5.95 Å². The first kappa shape index (κ1) is 13.5. The van der Waals surface area contributed by atoms with Gasteiger partial charge in [0.15, 0.2) is 11.6 Å². The molecule has 0 bridgehead atoms. The molecule has 0 atom stereocenters. The van der Waals surface area contributed by atoms with E-state index in [-0.39, 0.29) is 5.69 Å². The molecule has 3 nitrogen and oxygen atoms in total. The first-order chi connectivity index (χ1) is 9.02. The van der Waals surface area contributed by atoms with E-state index in [1.807, 2.05) is 6.92 Å². The Morgan fingerprint density at radius 2 is 2.00 bits per heavy atom. The van der Waals surface area contributed by atoms with Gasteiger partial charge in [0.05, 0.1) is 11.4 Å². The summed E-state index contributed by atoms with van der Waals surface area (Å²) in [6.07, 6.45) is 2.38. The minimum Gasteiger partial charge on any atom is -0.355 e. The smallest absolute Gasteiger partial charge is 0.207 e. The van der Waals surface area contributed by atoms with Crippen LogP contribution in [0.4, 0.5) is 19.1 Å². The van der Waals surface area contributed by atoms with Gasteiger partial charge < -0.3 is 5.32 Å². The predicted octanol–water partition coefficient (Wildman–Crippen LogP) is 3.42. The molecule has 2 aromatic rings. The first-order valence-corrected chi connectivity index (χ1v) is 5.97. The number of benzene rings is 1. The Balaban J connectivity index is 2.52. The summed E-state index contributed by atoms with van der Waals surface area (Å²) in [5.74, 6) is -2.79. The molecule has 2 rings (SSSR count). The van der Waals surface area contributed by atoms with E-state index in [4.69, 9.17) is 0 Å². The van der Waals surface area contributed by atoms with Crippen LogP contribution in [0.25, 0.3) is 5.69 Å². The Bertz CT molecular complexity index is 593. The summed E-state index contributed by atoms with van der Waals surface area (Å²) in [5.41, 5.74) is 0.430. The zero-order chi connectivity index (χ0) is 14.0. The maximum absolute atomic E-state index is 13.8. The van der Waals surface area contributed by atoms with E-state index in [9.17, 15) is 13.2 Å². The van der Waals surface area contributed by atoms with Crippen molar-refractivity contribution >= 4 is 5.95 Å². The first-order valence-electron chi connectivity index (χ1n) is 5.97. The third kappa shape index (κ3) is 2.72. The third-order valence-corrected chi connectivity index (χ3v) is 2.59. The van der Waals surface area contributed by atoms with Gasteiger partial charge >= 0.3 is 0 Å². The zero-order valence-electron chi connectivity index (χ0n) is 10.7. The van der Waals surface area contributed by atoms with Crippen molar-refractivity contribution in [3.8, 4) is 5.69 Å². The van der Waals surface area contributed by atoms with Crippen LogP contribution in [0, 0.1) is 24.4 Å². The fraction of sp³-hybridized carbons (Fsp3) is 0.308. The van der Waals surface area contributed by atoms with Gasteiger partial charge in [-0.25, -0.2) is 18.2 Å². The van der Waals surface area contributed by atoms with Crippen LogP contribution in [-0.4, -0.2) is 16.1 Å². The molecule has 0 fully saturated rings. The summed E-state index contributed by atoms with van der Waals surface area (Å²) in [6.45, 7) is 4.33. The van der Waals surface area contributed by atoms with Gasteiger partial charge in [-0.15, -0.1) is 0 Å². The highest BCUT2D eigenvalue weighted by atomic mass is 19.2. The lowest BCUT2D eigenvalue weighted by Crippen LogP contribution is -2.08. The molecule has 0 saturated heterocycles. The van der Waals surface area contributed by atoms with Crippen LogP contribution in [0.1, 0.15) is 19.0 Å². The van der Waals surface area contributed by atoms with Crippen LogP contribution < -0.4 is 5.32 Å². The lowest BCUT2D eigenvalue weighted by molar-refractivity contribution is 0.490. The minimum atomic E-state index is -1.22. The van der Waals surface area contributed by atoms with Crippen molar-refractivity contribution in [3.63, 3.8) is 0 Å². The van der Waals surface area contributed by atoms with Gasteiger partial charge in [0.1, 0.15) is 5.82 Å². The number of imidazole rings is 1. The summed E-state index contributed by atoms with van der Waals surface area (Å²) in [6, 6.07) is 1.46. The van der Waals surface area contributed by atoms with Gasteiger partial charge in [0.25, 0.3) is 0 Å². The number of aryl methyl sites for hydroxylation is 1. The normalized spacial score (nSPS) is 10.8. The number of hydrogen-bond donors (Lipinski definition) is 1. The van der Waals surface area contributed by atoms with Gasteiger partial charge in [-0.05, 0) is 13.3 Å². The quantitative estimate of drug-likeness (QED) is 0.862. The molecule has 0 saturated carbocycles. The summed E-state index contributed by atoms with van der Waals surface area (Å²) in [7, 11) is 0. The Hall–Kier alpha value is -1.98. The number of rotatable bonds is 4. The number of halogens is 3. The second kappa shape index (κ2) is 5.34. The summed E-state index contributed by atoms with van der Waals surface area (Å²) < 4.78 is 41.5. The molecule has 0 unspecified atom stereocenters. The Morgan fingerprint density at radius 1 is 1.26 bits per heavy atom. The minimum absolute atomic E-state index is 0.197. The van der Waals surface area contributed by atoms with Crippen LogP contribution in [-0.2, 0) is 0 Å². The van der Waals surface area contributed by atoms with Crippen molar-refractivity contribution < 1.29 is 13.2 Å². The van der Waals surface area contributed by atoms with E-state index >= 15 is 0 Å². The highest BCUT2D eigenvalue weighted by Gasteiger charge is 2.16. The standard InChI is InChI=1S/C13H14F3N3/c1-3-4-17-13-18-8(2)7-19(13)11-6-9(14)5-10(15)12(11)16/h5-7H,3-4H2,1-2H3,(H,17,18). The van der Waals surface area contributed by atoms with E-state index in [0.29, 0.717) is 24.3 Å². The highest BCUT2D eigenvalue weighted by molar-refractivity contribution is 5.44. The zero-order valence-corrected chi connectivity index (χ0v) is 10.7.